The molecule has 10 heteroatoms. The fourth-order valence-electron chi connectivity index (χ4n) is 4.75. The third-order valence-electron chi connectivity index (χ3n) is 6.75. The van der Waals surface area contributed by atoms with E-state index in [2.05, 4.69) is 38.3 Å². The molecule has 0 atom stereocenters. The van der Waals surface area contributed by atoms with Crippen LogP contribution in [0.4, 0.5) is 21.7 Å². The summed E-state index contributed by atoms with van der Waals surface area (Å²) < 4.78 is 21.3. The first-order valence-electron chi connectivity index (χ1n) is 12.3. The van der Waals surface area contributed by atoms with E-state index in [1.54, 1.807) is 19.4 Å². The minimum atomic E-state index is -1.06. The zero-order valence-electron chi connectivity index (χ0n) is 21.1. The van der Waals surface area contributed by atoms with Crippen LogP contribution in [-0.2, 0) is 17.8 Å². The van der Waals surface area contributed by atoms with Gasteiger partial charge in [0.15, 0.2) is 5.83 Å². The number of likely N-dealkylation sites (N-methyl/N-ethyl adjacent to an activating group) is 1. The minimum Gasteiger partial charge on any atom is -0.495 e. The van der Waals surface area contributed by atoms with Gasteiger partial charge in [-0.2, -0.15) is 5.10 Å². The summed E-state index contributed by atoms with van der Waals surface area (Å²) in [5.74, 6) is -1.04. The lowest BCUT2D eigenvalue weighted by molar-refractivity contribution is -0.114. The number of aromatic nitrogens is 4. The Balaban J connectivity index is 1.50. The summed E-state index contributed by atoms with van der Waals surface area (Å²) in [6.07, 6.45) is 9.66. The van der Waals surface area contributed by atoms with Gasteiger partial charge in [0, 0.05) is 42.7 Å². The second-order valence-electron chi connectivity index (χ2n) is 9.27. The number of carbonyl (C=O) groups is 1. The van der Waals surface area contributed by atoms with Gasteiger partial charge in [0.25, 0.3) is 5.91 Å². The van der Waals surface area contributed by atoms with Crippen molar-refractivity contribution in [3.63, 3.8) is 0 Å². The predicted molar refractivity (Wildman–Crippen MR) is 141 cm³/mol. The van der Waals surface area contributed by atoms with Crippen LogP contribution in [0, 0.1) is 0 Å². The van der Waals surface area contributed by atoms with E-state index < -0.39 is 11.7 Å². The Hall–Kier alpha value is -4.05. The number of fused-ring (bicyclic) bond motifs is 1. The summed E-state index contributed by atoms with van der Waals surface area (Å²) in [6.45, 7) is 5.69. The second-order valence-corrected chi connectivity index (χ2v) is 9.27. The maximum absolute atomic E-state index is 13.6. The van der Waals surface area contributed by atoms with Gasteiger partial charge in [0.1, 0.15) is 5.75 Å². The number of halogens is 1. The monoisotopic (exact) mass is 503 g/mol. The summed E-state index contributed by atoms with van der Waals surface area (Å²) >= 11 is 0. The Labute approximate surface area is 215 Å². The number of ether oxygens (including phenoxy) is 1. The number of amides is 1. The molecule has 0 spiro atoms. The SMILES string of the molecule is C=C(F)C(=O)Nc1cc(Nc2nccc(-c3cnn4c3CCCC4)n2)c(OC)cc1C1=CCN(C)CC1. The molecule has 0 unspecified atom stereocenters. The summed E-state index contributed by atoms with van der Waals surface area (Å²) in [7, 11) is 3.62. The first-order chi connectivity index (χ1) is 17.9. The van der Waals surface area contributed by atoms with E-state index in [1.165, 1.54) is 5.69 Å². The van der Waals surface area contributed by atoms with Gasteiger partial charge in [0.2, 0.25) is 5.95 Å². The molecule has 5 rings (SSSR count). The van der Waals surface area contributed by atoms with Crippen molar-refractivity contribution >= 4 is 28.8 Å². The largest absolute Gasteiger partial charge is 0.495 e. The first kappa shape index (κ1) is 24.6. The molecule has 0 saturated heterocycles. The Morgan fingerprint density at radius 3 is 2.78 bits per heavy atom. The van der Waals surface area contributed by atoms with Crippen LogP contribution in [0.25, 0.3) is 16.8 Å². The van der Waals surface area contributed by atoms with Crippen molar-refractivity contribution in [2.45, 2.75) is 32.2 Å². The normalized spacial score (nSPS) is 15.5. The topological polar surface area (TPSA) is 97.2 Å². The van der Waals surface area contributed by atoms with Gasteiger partial charge in [0.05, 0.1) is 30.4 Å². The Morgan fingerprint density at radius 1 is 1.16 bits per heavy atom. The van der Waals surface area contributed by atoms with Crippen LogP contribution >= 0.6 is 0 Å². The highest BCUT2D eigenvalue weighted by Gasteiger charge is 2.21. The number of anilines is 3. The van der Waals surface area contributed by atoms with Crippen molar-refractivity contribution in [2.75, 3.05) is 37.9 Å². The molecule has 3 aromatic rings. The van der Waals surface area contributed by atoms with Crippen LogP contribution in [0.3, 0.4) is 0 Å². The lowest BCUT2D eigenvalue weighted by Gasteiger charge is -2.24. The average Bonchev–Trinajstić information content (AvgIpc) is 3.34. The average molecular weight is 504 g/mol. The molecule has 0 radical (unpaired) electrons. The molecule has 9 nitrogen and oxygen atoms in total. The zero-order chi connectivity index (χ0) is 25.9. The van der Waals surface area contributed by atoms with E-state index in [4.69, 9.17) is 9.72 Å². The minimum absolute atomic E-state index is 0.366. The lowest BCUT2D eigenvalue weighted by atomic mass is 9.97. The molecule has 0 saturated carbocycles. The van der Waals surface area contributed by atoms with Crippen molar-refractivity contribution in [3.05, 3.63) is 60.3 Å². The molecule has 2 aliphatic heterocycles. The predicted octanol–water partition coefficient (Wildman–Crippen LogP) is 4.57. The van der Waals surface area contributed by atoms with Crippen molar-refractivity contribution in [1.29, 1.82) is 0 Å². The molecule has 2 aliphatic rings. The van der Waals surface area contributed by atoms with Crippen molar-refractivity contribution in [1.82, 2.24) is 24.6 Å². The molecule has 37 heavy (non-hydrogen) atoms. The number of carbonyl (C=O) groups excluding carboxylic acids is 1. The van der Waals surface area contributed by atoms with Crippen molar-refractivity contribution in [3.8, 4) is 17.0 Å². The van der Waals surface area contributed by atoms with Crippen molar-refractivity contribution < 1.29 is 13.9 Å². The molecule has 0 aliphatic carbocycles. The second kappa shape index (κ2) is 10.5. The van der Waals surface area contributed by atoms with E-state index in [0.29, 0.717) is 23.1 Å². The Morgan fingerprint density at radius 2 is 2.03 bits per heavy atom. The number of nitrogens with zero attached hydrogens (tertiary/aromatic N) is 5. The quantitative estimate of drug-likeness (QED) is 0.456. The number of hydrogen-bond acceptors (Lipinski definition) is 7. The molecule has 0 fully saturated rings. The van der Waals surface area contributed by atoms with Gasteiger partial charge in [-0.3, -0.25) is 9.48 Å². The first-order valence-corrected chi connectivity index (χ1v) is 12.3. The summed E-state index contributed by atoms with van der Waals surface area (Å²) in [4.78, 5) is 23.5. The number of rotatable bonds is 7. The van der Waals surface area contributed by atoms with Crippen LogP contribution in [0.2, 0.25) is 0 Å². The standard InChI is InChI=1S/C27H30FN7O2/c1-17(28)26(36)31-22-15-23(25(37-3)14-19(22)18-8-12-34(2)13-9-18)33-27-29-10-7-21(32-27)20-16-30-35-11-5-4-6-24(20)35/h7-8,10,14-16H,1,4-6,9,11-13H2,2-3H3,(H,31,36)(H,29,32,33). The van der Waals surface area contributed by atoms with Crippen molar-refractivity contribution in [2.24, 2.45) is 0 Å². The van der Waals surface area contributed by atoms with Gasteiger partial charge >= 0.3 is 0 Å². The van der Waals surface area contributed by atoms with Crippen LogP contribution in [0.5, 0.6) is 5.75 Å². The molecule has 0 bridgehead atoms. The molecule has 1 amide bonds. The molecular weight excluding hydrogens is 473 g/mol. The highest BCUT2D eigenvalue weighted by atomic mass is 19.1. The summed E-state index contributed by atoms with van der Waals surface area (Å²) in [5.41, 5.74) is 5.75. The summed E-state index contributed by atoms with van der Waals surface area (Å²) in [5, 5.41) is 10.4. The van der Waals surface area contributed by atoms with Gasteiger partial charge in [-0.1, -0.05) is 12.7 Å². The number of hydrogen-bond donors (Lipinski definition) is 2. The number of nitrogens with one attached hydrogen (secondary N) is 2. The lowest BCUT2D eigenvalue weighted by Crippen LogP contribution is -2.24. The highest BCUT2D eigenvalue weighted by molar-refractivity contribution is 6.04. The maximum Gasteiger partial charge on any atom is 0.283 e. The Bertz CT molecular complexity index is 1380. The molecular formula is C27H30FN7O2. The van der Waals surface area contributed by atoms with E-state index in [9.17, 15) is 9.18 Å². The molecule has 2 N–H and O–H groups in total. The van der Waals surface area contributed by atoms with Crippen LogP contribution in [0.15, 0.2) is 49.1 Å². The number of aryl methyl sites for hydroxylation is 1. The van der Waals surface area contributed by atoms with Gasteiger partial charge in [-0.05, 0) is 56.5 Å². The third-order valence-corrected chi connectivity index (χ3v) is 6.75. The molecule has 1 aromatic carbocycles. The van der Waals surface area contributed by atoms with Gasteiger partial charge < -0.3 is 20.3 Å². The highest BCUT2D eigenvalue weighted by Crippen LogP contribution is 2.38. The molecule has 2 aromatic heterocycles. The van der Waals surface area contributed by atoms with E-state index >= 15 is 0 Å². The van der Waals surface area contributed by atoms with E-state index in [-0.39, 0.29) is 0 Å². The fraction of sp³-hybridized carbons (Fsp3) is 0.333. The van der Waals surface area contributed by atoms with Crippen LogP contribution in [0.1, 0.15) is 30.5 Å². The van der Waals surface area contributed by atoms with Gasteiger partial charge in [-0.15, -0.1) is 0 Å². The van der Waals surface area contributed by atoms with E-state index in [0.717, 1.165) is 67.7 Å². The number of methoxy groups -OCH3 is 1. The third kappa shape index (κ3) is 5.24. The van der Waals surface area contributed by atoms with Crippen LogP contribution in [-0.4, -0.2) is 57.8 Å². The van der Waals surface area contributed by atoms with Crippen LogP contribution < -0.4 is 15.4 Å². The molecule has 192 valence electrons. The molecule has 4 heterocycles. The Kier molecular flexibility index (Phi) is 7.00. The fourth-order valence-corrected chi connectivity index (χ4v) is 4.75. The maximum atomic E-state index is 13.6. The summed E-state index contributed by atoms with van der Waals surface area (Å²) in [6, 6.07) is 5.42. The van der Waals surface area contributed by atoms with E-state index in [1.807, 2.05) is 30.1 Å². The number of benzene rings is 1. The zero-order valence-corrected chi connectivity index (χ0v) is 21.1. The smallest absolute Gasteiger partial charge is 0.283 e. The van der Waals surface area contributed by atoms with Gasteiger partial charge in [-0.25, -0.2) is 14.4 Å².